The SMILES string of the molecule is O=C(O)[C@@H]1[C@@H](C(=O)N2CCOCC2)CCN1C(=O)OCc1ccccc1. The van der Waals surface area contributed by atoms with Gasteiger partial charge in [0, 0.05) is 19.6 Å². The summed E-state index contributed by atoms with van der Waals surface area (Å²) in [5.41, 5.74) is 0.813. The third-order valence-corrected chi connectivity index (χ3v) is 4.73. The number of carbonyl (C=O) groups excluding carboxylic acids is 2. The van der Waals surface area contributed by atoms with E-state index >= 15 is 0 Å². The molecule has 1 aromatic rings. The van der Waals surface area contributed by atoms with E-state index in [-0.39, 0.29) is 19.1 Å². The maximum atomic E-state index is 12.7. The number of carbonyl (C=O) groups is 3. The van der Waals surface area contributed by atoms with Gasteiger partial charge in [-0.1, -0.05) is 30.3 Å². The van der Waals surface area contributed by atoms with Crippen LogP contribution in [0.5, 0.6) is 0 Å². The summed E-state index contributed by atoms with van der Waals surface area (Å²) in [4.78, 5) is 39.6. The molecule has 140 valence electrons. The van der Waals surface area contributed by atoms with Crippen molar-refractivity contribution in [2.24, 2.45) is 5.92 Å². The third kappa shape index (κ3) is 3.96. The highest BCUT2D eigenvalue weighted by Gasteiger charge is 2.47. The number of amides is 2. The molecule has 2 fully saturated rings. The van der Waals surface area contributed by atoms with Crippen molar-refractivity contribution in [1.29, 1.82) is 0 Å². The van der Waals surface area contributed by atoms with Crippen LogP contribution in [0.25, 0.3) is 0 Å². The monoisotopic (exact) mass is 362 g/mol. The average Bonchev–Trinajstić information content (AvgIpc) is 3.12. The minimum absolute atomic E-state index is 0.0601. The molecule has 8 nitrogen and oxygen atoms in total. The molecule has 2 aliphatic rings. The van der Waals surface area contributed by atoms with Crippen molar-refractivity contribution in [2.75, 3.05) is 32.8 Å². The first-order valence-electron chi connectivity index (χ1n) is 8.64. The normalized spacial score (nSPS) is 22.9. The molecule has 26 heavy (non-hydrogen) atoms. The zero-order valence-corrected chi connectivity index (χ0v) is 14.4. The number of benzene rings is 1. The number of aliphatic carboxylic acids is 1. The van der Waals surface area contributed by atoms with Crippen LogP contribution >= 0.6 is 0 Å². The molecule has 1 aromatic carbocycles. The lowest BCUT2D eigenvalue weighted by Crippen LogP contribution is -2.50. The third-order valence-electron chi connectivity index (χ3n) is 4.73. The van der Waals surface area contributed by atoms with E-state index < -0.39 is 24.0 Å². The number of ether oxygens (including phenoxy) is 2. The second-order valence-electron chi connectivity index (χ2n) is 6.35. The highest BCUT2D eigenvalue weighted by molar-refractivity contribution is 5.90. The second kappa shape index (κ2) is 8.18. The van der Waals surface area contributed by atoms with Gasteiger partial charge in [0.15, 0.2) is 0 Å². The zero-order chi connectivity index (χ0) is 18.5. The molecule has 0 saturated carbocycles. The molecule has 0 aliphatic carbocycles. The molecule has 0 unspecified atom stereocenters. The molecule has 0 radical (unpaired) electrons. The van der Waals surface area contributed by atoms with E-state index in [4.69, 9.17) is 9.47 Å². The summed E-state index contributed by atoms with van der Waals surface area (Å²) in [6, 6.07) is 7.95. The van der Waals surface area contributed by atoms with Crippen molar-refractivity contribution in [3.8, 4) is 0 Å². The van der Waals surface area contributed by atoms with Gasteiger partial charge < -0.3 is 19.5 Å². The van der Waals surface area contributed by atoms with Crippen molar-refractivity contribution in [3.63, 3.8) is 0 Å². The van der Waals surface area contributed by atoms with E-state index in [1.54, 1.807) is 4.90 Å². The Morgan fingerprint density at radius 1 is 1.12 bits per heavy atom. The fraction of sp³-hybridized carbons (Fsp3) is 0.500. The van der Waals surface area contributed by atoms with Gasteiger partial charge in [-0.3, -0.25) is 9.69 Å². The summed E-state index contributed by atoms with van der Waals surface area (Å²) in [5.74, 6) is -2.18. The van der Waals surface area contributed by atoms with Crippen LogP contribution in [-0.2, 0) is 25.7 Å². The molecule has 2 saturated heterocycles. The standard InChI is InChI=1S/C18H22N2O6/c21-16(19-8-10-25-11-9-19)14-6-7-20(15(14)17(22)23)18(24)26-12-13-4-2-1-3-5-13/h1-5,14-15H,6-12H2,(H,22,23)/t14-,15-/m0/s1. The minimum Gasteiger partial charge on any atom is -0.480 e. The Labute approximate surface area is 151 Å². The summed E-state index contributed by atoms with van der Waals surface area (Å²) < 4.78 is 10.5. The Hall–Kier alpha value is -2.61. The first kappa shape index (κ1) is 18.2. The fourth-order valence-electron chi connectivity index (χ4n) is 3.38. The molecule has 1 N–H and O–H groups in total. The molecule has 2 heterocycles. The minimum atomic E-state index is -1.20. The zero-order valence-electron chi connectivity index (χ0n) is 14.4. The summed E-state index contributed by atoms with van der Waals surface area (Å²) in [6.45, 7) is 2.02. The van der Waals surface area contributed by atoms with Gasteiger partial charge in [0.05, 0.1) is 19.1 Å². The Kier molecular flexibility index (Phi) is 5.72. The molecule has 2 atom stereocenters. The molecule has 2 aliphatic heterocycles. The van der Waals surface area contributed by atoms with Gasteiger partial charge >= 0.3 is 12.1 Å². The van der Waals surface area contributed by atoms with Crippen LogP contribution in [0.3, 0.4) is 0 Å². The van der Waals surface area contributed by atoms with E-state index in [2.05, 4.69) is 0 Å². The number of hydrogen-bond acceptors (Lipinski definition) is 5. The lowest BCUT2D eigenvalue weighted by atomic mass is 9.98. The first-order valence-corrected chi connectivity index (χ1v) is 8.64. The number of rotatable bonds is 4. The van der Waals surface area contributed by atoms with Crippen LogP contribution in [0.15, 0.2) is 30.3 Å². The molecule has 2 amide bonds. The van der Waals surface area contributed by atoms with Crippen molar-refractivity contribution in [2.45, 2.75) is 19.1 Å². The topological polar surface area (TPSA) is 96.4 Å². The van der Waals surface area contributed by atoms with E-state index in [0.717, 1.165) is 10.5 Å². The second-order valence-corrected chi connectivity index (χ2v) is 6.35. The highest BCUT2D eigenvalue weighted by Crippen LogP contribution is 2.28. The largest absolute Gasteiger partial charge is 0.480 e. The van der Waals surface area contributed by atoms with Crippen molar-refractivity contribution >= 4 is 18.0 Å². The smallest absolute Gasteiger partial charge is 0.410 e. The summed E-state index contributed by atoms with van der Waals surface area (Å²) in [6.07, 6.45) is -0.397. The molecule has 0 aromatic heterocycles. The predicted octanol–water partition coefficient (Wildman–Crippen LogP) is 0.957. The van der Waals surface area contributed by atoms with Crippen molar-refractivity contribution in [1.82, 2.24) is 9.80 Å². The lowest BCUT2D eigenvalue weighted by Gasteiger charge is -2.31. The van der Waals surface area contributed by atoms with Crippen molar-refractivity contribution in [3.05, 3.63) is 35.9 Å². The molecule has 0 bridgehead atoms. The highest BCUT2D eigenvalue weighted by atomic mass is 16.6. The maximum Gasteiger partial charge on any atom is 0.410 e. The number of carboxylic acids is 1. The van der Waals surface area contributed by atoms with Gasteiger partial charge in [-0.2, -0.15) is 0 Å². The molecular formula is C18H22N2O6. The Morgan fingerprint density at radius 3 is 2.46 bits per heavy atom. The van der Waals surface area contributed by atoms with Gasteiger partial charge in [0.2, 0.25) is 5.91 Å². The van der Waals surface area contributed by atoms with Gasteiger partial charge in [-0.25, -0.2) is 9.59 Å². The number of hydrogen-bond donors (Lipinski definition) is 1. The van der Waals surface area contributed by atoms with Crippen LogP contribution in [-0.4, -0.2) is 71.8 Å². The number of morpholine rings is 1. The van der Waals surface area contributed by atoms with Crippen LogP contribution in [0.1, 0.15) is 12.0 Å². The van der Waals surface area contributed by atoms with Crippen LogP contribution in [0.2, 0.25) is 0 Å². The van der Waals surface area contributed by atoms with Gasteiger partial charge in [0.1, 0.15) is 12.6 Å². The summed E-state index contributed by atoms with van der Waals surface area (Å²) in [5, 5.41) is 9.59. The maximum absolute atomic E-state index is 12.7. The van der Waals surface area contributed by atoms with E-state index in [1.165, 1.54) is 0 Å². The van der Waals surface area contributed by atoms with E-state index in [9.17, 15) is 19.5 Å². The lowest BCUT2D eigenvalue weighted by molar-refractivity contribution is -0.150. The van der Waals surface area contributed by atoms with Crippen LogP contribution < -0.4 is 0 Å². The molecular weight excluding hydrogens is 340 g/mol. The van der Waals surface area contributed by atoms with Crippen LogP contribution in [0, 0.1) is 5.92 Å². The summed E-state index contributed by atoms with van der Waals surface area (Å²) in [7, 11) is 0. The number of carboxylic acid groups (broad SMARTS) is 1. The van der Waals surface area contributed by atoms with Gasteiger partial charge in [-0.05, 0) is 12.0 Å². The number of likely N-dealkylation sites (tertiary alicyclic amines) is 1. The van der Waals surface area contributed by atoms with E-state index in [0.29, 0.717) is 32.7 Å². The van der Waals surface area contributed by atoms with E-state index in [1.807, 2.05) is 30.3 Å². The average molecular weight is 362 g/mol. The first-order chi connectivity index (χ1) is 12.6. The van der Waals surface area contributed by atoms with Crippen molar-refractivity contribution < 1.29 is 29.0 Å². The Balaban J connectivity index is 1.64. The number of nitrogens with zero attached hydrogens (tertiary/aromatic N) is 2. The molecule has 3 rings (SSSR count). The van der Waals surface area contributed by atoms with Gasteiger partial charge in [0.25, 0.3) is 0 Å². The Bertz CT molecular complexity index is 659. The molecule has 8 heteroatoms. The predicted molar refractivity (Wildman–Crippen MR) is 90.3 cm³/mol. The van der Waals surface area contributed by atoms with Gasteiger partial charge in [-0.15, -0.1) is 0 Å². The quantitative estimate of drug-likeness (QED) is 0.857. The van der Waals surface area contributed by atoms with Crippen LogP contribution in [0.4, 0.5) is 4.79 Å². The fourth-order valence-corrected chi connectivity index (χ4v) is 3.38. The Morgan fingerprint density at radius 2 is 1.81 bits per heavy atom. The molecule has 0 spiro atoms. The summed E-state index contributed by atoms with van der Waals surface area (Å²) >= 11 is 0.